The van der Waals surface area contributed by atoms with Crippen LogP contribution in [0.5, 0.6) is 11.5 Å². The number of ether oxygens (including phenoxy) is 2. The summed E-state index contributed by atoms with van der Waals surface area (Å²) in [5.74, 6) is 0.413. The summed E-state index contributed by atoms with van der Waals surface area (Å²) in [7, 11) is 1.46. The first-order valence-electron chi connectivity index (χ1n) is 9.77. The number of hydrogen-bond acceptors (Lipinski definition) is 6. The van der Waals surface area contributed by atoms with Gasteiger partial charge in [-0.25, -0.2) is 0 Å². The molecular weight excluding hydrogens is 481 g/mol. The van der Waals surface area contributed by atoms with Gasteiger partial charge in [0.2, 0.25) is 0 Å². The summed E-state index contributed by atoms with van der Waals surface area (Å²) in [6.07, 6.45) is 0. The number of amides is 1. The second-order valence-corrected chi connectivity index (χ2v) is 8.42. The quantitative estimate of drug-likeness (QED) is 0.412. The second-order valence-electron chi connectivity index (χ2n) is 7.29. The van der Waals surface area contributed by atoms with E-state index in [4.69, 9.17) is 44.3 Å². The molecule has 1 amide bonds. The molecule has 0 radical (unpaired) electrons. The van der Waals surface area contributed by atoms with Crippen molar-refractivity contribution in [2.75, 3.05) is 44.8 Å². The highest BCUT2D eigenvalue weighted by molar-refractivity contribution is 6.42. The van der Waals surface area contributed by atoms with E-state index in [2.05, 4.69) is 0 Å². The number of rotatable bonds is 6. The van der Waals surface area contributed by atoms with Gasteiger partial charge < -0.3 is 19.3 Å². The van der Waals surface area contributed by atoms with Crippen LogP contribution in [0.15, 0.2) is 18.2 Å². The number of piperazine rings is 1. The monoisotopic (exact) mass is 501 g/mol. The van der Waals surface area contributed by atoms with Gasteiger partial charge in [-0.15, -0.1) is 0 Å². The van der Waals surface area contributed by atoms with Crippen LogP contribution in [0.4, 0.5) is 11.4 Å². The minimum absolute atomic E-state index is 0.0368. The van der Waals surface area contributed by atoms with Gasteiger partial charge in [-0.2, -0.15) is 0 Å². The lowest BCUT2D eigenvalue weighted by atomic mass is 10.1. The van der Waals surface area contributed by atoms with E-state index in [1.54, 1.807) is 30.9 Å². The first kappa shape index (κ1) is 24.2. The number of anilines is 1. The molecule has 0 atom stereocenters. The summed E-state index contributed by atoms with van der Waals surface area (Å²) in [5.41, 5.74) is 1.72. The lowest BCUT2D eigenvalue weighted by Crippen LogP contribution is -2.50. The molecule has 0 saturated carbocycles. The summed E-state index contributed by atoms with van der Waals surface area (Å²) in [5, 5.41) is 12.5. The number of hydrogen-bond donors (Lipinski definition) is 0. The molecule has 0 bridgehead atoms. The van der Waals surface area contributed by atoms with E-state index in [0.29, 0.717) is 53.8 Å². The second kappa shape index (κ2) is 10.0. The van der Waals surface area contributed by atoms with Crippen molar-refractivity contribution in [1.29, 1.82) is 0 Å². The molecule has 8 nitrogen and oxygen atoms in total. The first-order chi connectivity index (χ1) is 15.1. The highest BCUT2D eigenvalue weighted by Crippen LogP contribution is 2.42. The van der Waals surface area contributed by atoms with E-state index in [0.717, 1.165) is 0 Å². The van der Waals surface area contributed by atoms with Crippen molar-refractivity contribution in [3.05, 3.63) is 54.5 Å². The molecule has 0 unspecified atom stereocenters. The SMILES string of the molecule is COc1ccc(N2CCN(C(=O)COc3c(Cl)c(C)c(Cl)c(C)c3Cl)CC2)c([N+](=O)[O-])c1. The van der Waals surface area contributed by atoms with Crippen molar-refractivity contribution in [2.24, 2.45) is 0 Å². The third-order valence-electron chi connectivity index (χ3n) is 5.41. The van der Waals surface area contributed by atoms with Crippen LogP contribution in [0.3, 0.4) is 0 Å². The van der Waals surface area contributed by atoms with Crippen molar-refractivity contribution in [1.82, 2.24) is 4.90 Å². The summed E-state index contributed by atoms with van der Waals surface area (Å²) in [6.45, 7) is 4.94. The van der Waals surface area contributed by atoms with Gasteiger partial charge in [0.05, 0.1) is 28.1 Å². The van der Waals surface area contributed by atoms with Crippen molar-refractivity contribution < 1.29 is 19.2 Å². The topological polar surface area (TPSA) is 85.2 Å². The maximum Gasteiger partial charge on any atom is 0.296 e. The number of benzene rings is 2. The van der Waals surface area contributed by atoms with Crippen LogP contribution < -0.4 is 14.4 Å². The van der Waals surface area contributed by atoms with Gasteiger partial charge in [-0.1, -0.05) is 34.8 Å². The molecule has 11 heteroatoms. The number of nitro groups is 1. The molecule has 0 aliphatic carbocycles. The van der Waals surface area contributed by atoms with Crippen molar-refractivity contribution in [3.8, 4) is 11.5 Å². The summed E-state index contributed by atoms with van der Waals surface area (Å²) in [6, 6.07) is 4.73. The maximum absolute atomic E-state index is 12.7. The molecule has 1 fully saturated rings. The maximum atomic E-state index is 12.7. The Morgan fingerprint density at radius 3 is 2.19 bits per heavy atom. The Kier molecular flexibility index (Phi) is 7.59. The van der Waals surface area contributed by atoms with Gasteiger partial charge in [-0.05, 0) is 37.1 Å². The van der Waals surface area contributed by atoms with E-state index in [-0.39, 0.29) is 34.0 Å². The third kappa shape index (κ3) is 4.82. The summed E-state index contributed by atoms with van der Waals surface area (Å²) >= 11 is 18.8. The molecule has 0 N–H and O–H groups in total. The van der Waals surface area contributed by atoms with E-state index in [9.17, 15) is 14.9 Å². The third-order valence-corrected chi connectivity index (χ3v) is 6.89. The van der Waals surface area contributed by atoms with E-state index in [1.807, 2.05) is 4.90 Å². The van der Waals surface area contributed by atoms with Gasteiger partial charge in [0, 0.05) is 31.2 Å². The van der Waals surface area contributed by atoms with Crippen LogP contribution in [-0.4, -0.2) is 55.6 Å². The van der Waals surface area contributed by atoms with Crippen LogP contribution >= 0.6 is 34.8 Å². The van der Waals surface area contributed by atoms with Crippen LogP contribution in [0.1, 0.15) is 11.1 Å². The number of nitrogens with zero attached hydrogens (tertiary/aromatic N) is 3. The Morgan fingerprint density at radius 1 is 1.06 bits per heavy atom. The van der Waals surface area contributed by atoms with E-state index >= 15 is 0 Å². The fourth-order valence-electron chi connectivity index (χ4n) is 3.50. The van der Waals surface area contributed by atoms with Gasteiger partial charge in [0.25, 0.3) is 11.6 Å². The standard InChI is InChI=1S/C21H22Cl3N3O5/c1-12-18(22)13(2)20(24)21(19(12)23)32-11-17(28)26-8-6-25(7-9-26)15-5-4-14(31-3)10-16(15)27(29)30/h4-5,10H,6-9,11H2,1-3H3. The Morgan fingerprint density at radius 2 is 1.66 bits per heavy atom. The Hall–Kier alpha value is -2.42. The number of carbonyl (C=O) groups excluding carboxylic acids is 1. The molecule has 1 heterocycles. The van der Waals surface area contributed by atoms with Gasteiger partial charge in [0.15, 0.2) is 12.4 Å². The van der Waals surface area contributed by atoms with Gasteiger partial charge >= 0.3 is 0 Å². The molecule has 1 aliphatic rings. The number of carbonyl (C=O) groups is 1. The van der Waals surface area contributed by atoms with Crippen molar-refractivity contribution in [3.63, 3.8) is 0 Å². The van der Waals surface area contributed by atoms with E-state index < -0.39 is 4.92 Å². The number of nitro benzene ring substituents is 1. The normalized spacial score (nSPS) is 13.8. The highest BCUT2D eigenvalue weighted by Gasteiger charge is 2.27. The predicted octanol–water partition coefficient (Wildman–Crippen LogP) is 4.91. The van der Waals surface area contributed by atoms with Crippen LogP contribution in [0.2, 0.25) is 15.1 Å². The largest absolute Gasteiger partial charge is 0.496 e. The minimum atomic E-state index is -0.438. The lowest BCUT2D eigenvalue weighted by molar-refractivity contribution is -0.384. The summed E-state index contributed by atoms with van der Waals surface area (Å²) < 4.78 is 10.7. The van der Waals surface area contributed by atoms with Crippen LogP contribution in [0, 0.1) is 24.0 Å². The number of halogens is 3. The van der Waals surface area contributed by atoms with Gasteiger partial charge in [-0.3, -0.25) is 14.9 Å². The molecule has 172 valence electrons. The molecule has 0 aromatic heterocycles. The molecule has 2 aromatic carbocycles. The predicted molar refractivity (Wildman–Crippen MR) is 125 cm³/mol. The highest BCUT2D eigenvalue weighted by atomic mass is 35.5. The van der Waals surface area contributed by atoms with Crippen LogP contribution in [0.25, 0.3) is 0 Å². The van der Waals surface area contributed by atoms with Crippen molar-refractivity contribution >= 4 is 52.1 Å². The zero-order valence-corrected chi connectivity index (χ0v) is 20.1. The summed E-state index contributed by atoms with van der Waals surface area (Å²) in [4.78, 5) is 27.2. The minimum Gasteiger partial charge on any atom is -0.496 e. The molecule has 32 heavy (non-hydrogen) atoms. The molecule has 3 rings (SSSR count). The molecule has 1 saturated heterocycles. The molecule has 2 aromatic rings. The number of methoxy groups -OCH3 is 1. The van der Waals surface area contributed by atoms with E-state index in [1.165, 1.54) is 13.2 Å². The average Bonchev–Trinajstić information content (AvgIpc) is 2.81. The first-order valence-corrected chi connectivity index (χ1v) is 10.9. The fourth-order valence-corrected chi connectivity index (χ4v) is 4.32. The molecule has 0 spiro atoms. The van der Waals surface area contributed by atoms with Crippen LogP contribution in [-0.2, 0) is 4.79 Å². The Bertz CT molecular complexity index is 1030. The molecule has 1 aliphatic heterocycles. The zero-order chi connectivity index (χ0) is 23.6. The average molecular weight is 503 g/mol. The lowest BCUT2D eigenvalue weighted by Gasteiger charge is -2.35. The van der Waals surface area contributed by atoms with Crippen molar-refractivity contribution in [2.45, 2.75) is 13.8 Å². The molecular formula is C21H22Cl3N3O5. The smallest absolute Gasteiger partial charge is 0.296 e. The van der Waals surface area contributed by atoms with Gasteiger partial charge in [0.1, 0.15) is 11.4 Å². The fraction of sp³-hybridized carbons (Fsp3) is 0.381. The Labute approximate surface area is 200 Å². The zero-order valence-electron chi connectivity index (χ0n) is 17.8. The Balaban J connectivity index is 1.65.